The maximum atomic E-state index is 10.9. The van der Waals surface area contributed by atoms with E-state index >= 15 is 0 Å². The summed E-state index contributed by atoms with van der Waals surface area (Å²) in [4.78, 5) is 14.0. The molecule has 2 aromatic rings. The van der Waals surface area contributed by atoms with Gasteiger partial charge < -0.3 is 14.8 Å². The number of rotatable bonds is 3. The van der Waals surface area contributed by atoms with Crippen molar-refractivity contribution in [3.8, 4) is 5.75 Å². The van der Waals surface area contributed by atoms with E-state index in [1.807, 2.05) is 6.92 Å². The van der Waals surface area contributed by atoms with Crippen LogP contribution in [0.25, 0.3) is 10.9 Å². The first-order chi connectivity index (χ1) is 8.04. The van der Waals surface area contributed by atoms with Gasteiger partial charge in [-0.1, -0.05) is 11.6 Å². The maximum absolute atomic E-state index is 10.9. The number of carboxylic acid groups (broad SMARTS) is 1. The minimum absolute atomic E-state index is 0.0530. The number of benzene rings is 1. The number of hydrogen-bond acceptors (Lipinski definition) is 2. The zero-order valence-corrected chi connectivity index (χ0v) is 10.3. The lowest BCUT2D eigenvalue weighted by atomic mass is 10.1. The van der Waals surface area contributed by atoms with Crippen LogP contribution < -0.4 is 4.74 Å². The number of ether oxygens (including phenoxy) is 1. The Kier molecular flexibility index (Phi) is 2.98. The number of H-pyrrole nitrogens is 1. The molecular formula is C12H12ClNO3. The number of carbonyl (C=O) groups is 1. The molecule has 0 aliphatic carbocycles. The Morgan fingerprint density at radius 1 is 1.53 bits per heavy atom. The van der Waals surface area contributed by atoms with Gasteiger partial charge in [0.15, 0.2) is 0 Å². The standard InChI is InChI=1S/C12H12ClNO3/c1-6-7(5-10(15)16)11-9(17-2)4-3-8(13)12(11)14-6/h3-4,14H,5H2,1-2H3,(H,15,16). The number of methoxy groups -OCH3 is 1. The summed E-state index contributed by atoms with van der Waals surface area (Å²) in [6.45, 7) is 1.83. The highest BCUT2D eigenvalue weighted by atomic mass is 35.5. The van der Waals surface area contributed by atoms with Crippen LogP contribution in [0.4, 0.5) is 0 Å². The molecule has 2 N–H and O–H groups in total. The Balaban J connectivity index is 2.77. The minimum atomic E-state index is -0.879. The third-order valence-corrected chi connectivity index (χ3v) is 3.05. The van der Waals surface area contributed by atoms with Crippen molar-refractivity contribution in [3.05, 3.63) is 28.4 Å². The second-order valence-corrected chi connectivity index (χ2v) is 4.21. The lowest BCUT2D eigenvalue weighted by Crippen LogP contribution is -2.01. The Labute approximate surface area is 103 Å². The fraction of sp³-hybridized carbons (Fsp3) is 0.250. The summed E-state index contributed by atoms with van der Waals surface area (Å²) < 4.78 is 5.25. The van der Waals surface area contributed by atoms with Crippen molar-refractivity contribution in [2.45, 2.75) is 13.3 Å². The van der Waals surface area contributed by atoms with Gasteiger partial charge in [0.1, 0.15) is 5.75 Å². The average Bonchev–Trinajstić information content (AvgIpc) is 2.58. The van der Waals surface area contributed by atoms with Gasteiger partial charge in [-0.2, -0.15) is 0 Å². The van der Waals surface area contributed by atoms with Crippen LogP contribution in [0, 0.1) is 6.92 Å². The van der Waals surface area contributed by atoms with Crippen LogP contribution in [-0.4, -0.2) is 23.2 Å². The van der Waals surface area contributed by atoms with Crippen molar-refractivity contribution in [2.24, 2.45) is 0 Å². The van der Waals surface area contributed by atoms with E-state index in [1.54, 1.807) is 19.2 Å². The Bertz CT molecular complexity index is 589. The largest absolute Gasteiger partial charge is 0.496 e. The van der Waals surface area contributed by atoms with E-state index < -0.39 is 5.97 Å². The van der Waals surface area contributed by atoms with Crippen LogP contribution in [0.1, 0.15) is 11.3 Å². The Morgan fingerprint density at radius 2 is 2.24 bits per heavy atom. The SMILES string of the molecule is COc1ccc(Cl)c2[nH]c(C)c(CC(=O)O)c12. The second kappa shape index (κ2) is 4.30. The summed E-state index contributed by atoms with van der Waals surface area (Å²) in [5.41, 5.74) is 2.24. The summed E-state index contributed by atoms with van der Waals surface area (Å²) in [6.07, 6.45) is -0.0530. The summed E-state index contributed by atoms with van der Waals surface area (Å²) >= 11 is 6.07. The van der Waals surface area contributed by atoms with Crippen LogP contribution >= 0.6 is 11.6 Å². The molecule has 0 saturated heterocycles. The molecule has 5 heteroatoms. The second-order valence-electron chi connectivity index (χ2n) is 3.80. The molecule has 1 aromatic carbocycles. The van der Waals surface area contributed by atoms with Gasteiger partial charge in [-0.25, -0.2) is 0 Å². The van der Waals surface area contributed by atoms with Crippen LogP contribution in [0.15, 0.2) is 12.1 Å². The van der Waals surface area contributed by atoms with E-state index in [-0.39, 0.29) is 6.42 Å². The van der Waals surface area contributed by atoms with Crippen molar-refractivity contribution in [3.63, 3.8) is 0 Å². The van der Waals surface area contributed by atoms with E-state index in [2.05, 4.69) is 4.98 Å². The Hall–Kier alpha value is -1.68. The molecule has 0 aliphatic heterocycles. The molecule has 17 heavy (non-hydrogen) atoms. The van der Waals surface area contributed by atoms with Crippen LogP contribution in [-0.2, 0) is 11.2 Å². The predicted octanol–water partition coefficient (Wildman–Crippen LogP) is 2.77. The molecule has 0 saturated carbocycles. The number of carboxylic acids is 1. The first-order valence-electron chi connectivity index (χ1n) is 5.10. The van der Waals surface area contributed by atoms with Crippen molar-refractivity contribution < 1.29 is 14.6 Å². The molecule has 0 unspecified atom stereocenters. The topological polar surface area (TPSA) is 62.3 Å². The zero-order chi connectivity index (χ0) is 12.6. The van der Waals surface area contributed by atoms with E-state index in [1.165, 1.54) is 0 Å². The van der Waals surface area contributed by atoms with Gasteiger partial charge in [0, 0.05) is 11.1 Å². The molecule has 0 fully saturated rings. The molecule has 4 nitrogen and oxygen atoms in total. The lowest BCUT2D eigenvalue weighted by molar-refractivity contribution is -0.136. The van der Waals surface area contributed by atoms with E-state index in [0.29, 0.717) is 16.3 Å². The summed E-state index contributed by atoms with van der Waals surface area (Å²) in [7, 11) is 1.55. The van der Waals surface area contributed by atoms with E-state index in [4.69, 9.17) is 21.4 Å². The zero-order valence-electron chi connectivity index (χ0n) is 9.50. The number of nitrogens with one attached hydrogen (secondary N) is 1. The van der Waals surface area contributed by atoms with Crippen molar-refractivity contribution in [1.82, 2.24) is 4.98 Å². The smallest absolute Gasteiger partial charge is 0.307 e. The third kappa shape index (κ3) is 1.96. The molecule has 0 radical (unpaired) electrons. The van der Waals surface area contributed by atoms with Gasteiger partial charge in [-0.15, -0.1) is 0 Å². The van der Waals surface area contributed by atoms with Crippen LogP contribution in [0.2, 0.25) is 5.02 Å². The fourth-order valence-electron chi connectivity index (χ4n) is 1.97. The molecule has 2 rings (SSSR count). The summed E-state index contributed by atoms with van der Waals surface area (Å²) in [5, 5.41) is 10.2. The van der Waals surface area contributed by atoms with Gasteiger partial charge in [-0.3, -0.25) is 4.79 Å². The van der Waals surface area contributed by atoms with Gasteiger partial charge in [0.2, 0.25) is 0 Å². The maximum Gasteiger partial charge on any atom is 0.307 e. The van der Waals surface area contributed by atoms with Crippen molar-refractivity contribution in [2.75, 3.05) is 7.11 Å². The third-order valence-electron chi connectivity index (χ3n) is 2.73. The summed E-state index contributed by atoms with van der Waals surface area (Å²) in [6, 6.07) is 3.46. The van der Waals surface area contributed by atoms with Gasteiger partial charge >= 0.3 is 5.97 Å². The highest BCUT2D eigenvalue weighted by molar-refractivity contribution is 6.35. The Morgan fingerprint density at radius 3 is 2.82 bits per heavy atom. The van der Waals surface area contributed by atoms with Gasteiger partial charge in [0.05, 0.1) is 24.1 Å². The highest BCUT2D eigenvalue weighted by Crippen LogP contribution is 2.35. The van der Waals surface area contributed by atoms with E-state index in [9.17, 15) is 4.79 Å². The molecule has 0 bridgehead atoms. The molecule has 1 heterocycles. The highest BCUT2D eigenvalue weighted by Gasteiger charge is 2.17. The van der Waals surface area contributed by atoms with E-state index in [0.717, 1.165) is 16.6 Å². The average molecular weight is 254 g/mol. The monoisotopic (exact) mass is 253 g/mol. The lowest BCUT2D eigenvalue weighted by Gasteiger charge is -2.05. The molecule has 90 valence electrons. The number of halogens is 1. The minimum Gasteiger partial charge on any atom is -0.496 e. The van der Waals surface area contributed by atoms with Crippen LogP contribution in [0.3, 0.4) is 0 Å². The fourth-order valence-corrected chi connectivity index (χ4v) is 2.18. The quantitative estimate of drug-likeness (QED) is 0.884. The first kappa shape index (κ1) is 11.8. The predicted molar refractivity (Wildman–Crippen MR) is 65.9 cm³/mol. The van der Waals surface area contributed by atoms with Crippen molar-refractivity contribution >= 4 is 28.5 Å². The number of aliphatic carboxylic acids is 1. The number of aromatic amines is 1. The first-order valence-corrected chi connectivity index (χ1v) is 5.47. The number of hydrogen-bond donors (Lipinski definition) is 2. The van der Waals surface area contributed by atoms with Crippen molar-refractivity contribution in [1.29, 1.82) is 0 Å². The number of aryl methyl sites for hydroxylation is 1. The molecular weight excluding hydrogens is 242 g/mol. The normalized spacial score (nSPS) is 10.8. The molecule has 0 spiro atoms. The summed E-state index contributed by atoms with van der Waals surface area (Å²) in [5.74, 6) is -0.249. The molecule has 0 amide bonds. The molecule has 0 aliphatic rings. The van der Waals surface area contributed by atoms with Crippen LogP contribution in [0.5, 0.6) is 5.75 Å². The molecule has 0 atom stereocenters. The van der Waals surface area contributed by atoms with Gasteiger partial charge in [0.25, 0.3) is 0 Å². The van der Waals surface area contributed by atoms with Gasteiger partial charge in [-0.05, 0) is 24.6 Å². The molecule has 1 aromatic heterocycles. The number of aromatic nitrogens is 1. The number of fused-ring (bicyclic) bond motifs is 1.